The third kappa shape index (κ3) is 6.90. The average Bonchev–Trinajstić information content (AvgIpc) is 3.58. The number of aromatic nitrogens is 2. The van der Waals surface area contributed by atoms with Crippen LogP contribution in [0.4, 0.5) is 0 Å². The first-order valence-corrected chi connectivity index (χ1v) is 16.0. The fraction of sp³-hybridized carbons (Fsp3) is 0.175. The molecule has 1 aliphatic heterocycles. The normalized spacial score (nSPS) is 21.2. The maximum atomic E-state index is 12.4. The number of pyridine rings is 1. The van der Waals surface area contributed by atoms with Crippen LogP contribution in [0.5, 0.6) is 0 Å². The molecule has 0 radical (unpaired) electrons. The summed E-state index contributed by atoms with van der Waals surface area (Å²) in [7, 11) is 0. The van der Waals surface area contributed by atoms with E-state index in [0.717, 1.165) is 22.2 Å². The Morgan fingerprint density at radius 3 is 1.88 bits per heavy atom. The second kappa shape index (κ2) is 14.2. The molecule has 0 saturated heterocycles. The lowest BCUT2D eigenvalue weighted by Crippen LogP contribution is -2.68. The van der Waals surface area contributed by atoms with E-state index in [-0.39, 0.29) is 25.6 Å². The molecule has 4 aromatic carbocycles. The largest absolute Gasteiger partial charge is 0.479 e. The van der Waals surface area contributed by atoms with E-state index in [4.69, 9.17) is 23.9 Å². The van der Waals surface area contributed by atoms with Gasteiger partial charge in [-0.05, 0) is 41.0 Å². The van der Waals surface area contributed by atoms with Crippen molar-refractivity contribution >= 4 is 16.8 Å². The SMILES string of the molecule is OC(OCc1ccccc1)[C@H]1OC(c2cnc3c(ccn3-c3ccccc3)c2)=C[C@](O)(OCc2ccccc2)[C@@]1(O)OCc1ccccc1. The molecule has 0 amide bonds. The molecule has 1 aliphatic rings. The Kier molecular flexibility index (Phi) is 9.36. The van der Waals surface area contributed by atoms with Gasteiger partial charge in [0.2, 0.25) is 11.9 Å². The van der Waals surface area contributed by atoms with Gasteiger partial charge in [-0.3, -0.25) is 0 Å². The summed E-state index contributed by atoms with van der Waals surface area (Å²) in [4.78, 5) is 4.72. The molecule has 248 valence electrons. The van der Waals surface area contributed by atoms with Gasteiger partial charge in [0.25, 0.3) is 5.79 Å². The molecular formula is C40H36N2O7. The van der Waals surface area contributed by atoms with Gasteiger partial charge in [-0.2, -0.15) is 0 Å². The predicted molar refractivity (Wildman–Crippen MR) is 184 cm³/mol. The highest BCUT2D eigenvalue weighted by atomic mass is 16.7. The van der Waals surface area contributed by atoms with Crippen molar-refractivity contribution in [2.24, 2.45) is 0 Å². The van der Waals surface area contributed by atoms with Crippen molar-refractivity contribution in [2.45, 2.75) is 43.8 Å². The minimum Gasteiger partial charge on any atom is -0.479 e. The van der Waals surface area contributed by atoms with Crippen LogP contribution in [0.15, 0.2) is 152 Å². The number of hydrogen-bond acceptors (Lipinski definition) is 8. The molecule has 4 atom stereocenters. The van der Waals surface area contributed by atoms with Crippen molar-refractivity contribution in [2.75, 3.05) is 0 Å². The second-order valence-electron chi connectivity index (χ2n) is 11.8. The number of rotatable bonds is 12. The molecule has 1 unspecified atom stereocenters. The van der Waals surface area contributed by atoms with Gasteiger partial charge >= 0.3 is 0 Å². The van der Waals surface area contributed by atoms with Crippen LogP contribution in [0.2, 0.25) is 0 Å². The second-order valence-corrected chi connectivity index (χ2v) is 11.8. The zero-order chi connectivity index (χ0) is 33.7. The van der Waals surface area contributed by atoms with E-state index in [1.165, 1.54) is 6.08 Å². The van der Waals surface area contributed by atoms with Crippen molar-refractivity contribution in [1.29, 1.82) is 0 Å². The van der Waals surface area contributed by atoms with Crippen LogP contribution in [0, 0.1) is 0 Å². The van der Waals surface area contributed by atoms with Gasteiger partial charge < -0.3 is 38.8 Å². The van der Waals surface area contributed by atoms with Crippen molar-refractivity contribution < 1.29 is 34.3 Å². The molecule has 0 spiro atoms. The summed E-state index contributed by atoms with van der Waals surface area (Å²) in [5.41, 5.74) is 4.39. The predicted octanol–water partition coefficient (Wildman–Crippen LogP) is 6.11. The number of benzene rings is 4. The van der Waals surface area contributed by atoms with Crippen LogP contribution in [0.25, 0.3) is 22.5 Å². The smallest absolute Gasteiger partial charge is 0.269 e. The minimum atomic E-state index is -2.65. The molecule has 0 fully saturated rings. The first kappa shape index (κ1) is 32.4. The number of aliphatic hydroxyl groups excluding tert-OH is 1. The van der Waals surface area contributed by atoms with Crippen molar-refractivity contribution in [3.63, 3.8) is 0 Å². The van der Waals surface area contributed by atoms with E-state index in [2.05, 4.69) is 0 Å². The Bertz CT molecular complexity index is 2000. The minimum absolute atomic E-state index is 0.000499. The van der Waals surface area contributed by atoms with E-state index >= 15 is 0 Å². The van der Waals surface area contributed by atoms with E-state index in [1.54, 1.807) is 6.20 Å². The average molecular weight is 657 g/mol. The standard InChI is InChI=1S/C40H36N2O7/c43-38(46-26-29-13-5-1-6-14-29)36-40(45,48-28-31-17-9-3-10-18-31)39(44,47-27-30-15-7-2-8-16-30)24-35(49-36)33-23-32-21-22-42(37(32)41-25-33)34-19-11-4-12-20-34/h1-25,36,38,43-45H,26-28H2/t36-,38?,39+,40+/m1/s1. The Balaban J connectivity index is 1.28. The first-order valence-electron chi connectivity index (χ1n) is 16.0. The molecule has 9 nitrogen and oxygen atoms in total. The van der Waals surface area contributed by atoms with Crippen LogP contribution in [0.3, 0.4) is 0 Å². The van der Waals surface area contributed by atoms with Crippen molar-refractivity contribution in [3.05, 3.63) is 174 Å². The Hall–Kier alpha value is -5.13. The zero-order valence-electron chi connectivity index (χ0n) is 26.6. The van der Waals surface area contributed by atoms with Crippen LogP contribution in [0.1, 0.15) is 22.3 Å². The lowest BCUT2D eigenvalue weighted by molar-refractivity contribution is -0.420. The third-order valence-corrected chi connectivity index (χ3v) is 8.45. The molecule has 0 saturated carbocycles. The summed E-state index contributed by atoms with van der Waals surface area (Å²) in [5.74, 6) is -5.07. The zero-order valence-corrected chi connectivity index (χ0v) is 26.6. The lowest BCUT2D eigenvalue weighted by atomic mass is 9.93. The van der Waals surface area contributed by atoms with Gasteiger partial charge in [0.05, 0.1) is 19.8 Å². The van der Waals surface area contributed by atoms with Crippen LogP contribution < -0.4 is 0 Å². The fourth-order valence-electron chi connectivity index (χ4n) is 5.80. The topological polar surface area (TPSA) is 115 Å². The number of hydrogen-bond donors (Lipinski definition) is 3. The Labute approximate surface area is 283 Å². The molecule has 0 bridgehead atoms. The third-order valence-electron chi connectivity index (χ3n) is 8.45. The number of nitrogens with zero attached hydrogens (tertiary/aromatic N) is 2. The summed E-state index contributed by atoms with van der Waals surface area (Å²) >= 11 is 0. The summed E-state index contributed by atoms with van der Waals surface area (Å²) in [6.45, 7) is -0.230. The Morgan fingerprint density at radius 2 is 1.27 bits per heavy atom. The summed E-state index contributed by atoms with van der Waals surface area (Å²) < 4.78 is 26.4. The van der Waals surface area contributed by atoms with Crippen molar-refractivity contribution in [3.8, 4) is 5.69 Å². The van der Waals surface area contributed by atoms with E-state index in [1.807, 2.05) is 144 Å². The van der Waals surface area contributed by atoms with Crippen LogP contribution in [-0.2, 0) is 38.8 Å². The molecular weight excluding hydrogens is 620 g/mol. The lowest BCUT2D eigenvalue weighted by Gasteiger charge is -2.48. The molecule has 3 N–H and O–H groups in total. The van der Waals surface area contributed by atoms with Gasteiger partial charge in [-0.15, -0.1) is 0 Å². The van der Waals surface area contributed by atoms with Gasteiger partial charge in [0.15, 0.2) is 6.29 Å². The van der Waals surface area contributed by atoms with E-state index in [9.17, 15) is 15.3 Å². The maximum Gasteiger partial charge on any atom is 0.269 e. The molecule has 9 heteroatoms. The molecule has 6 aromatic rings. The van der Waals surface area contributed by atoms with Crippen molar-refractivity contribution in [1.82, 2.24) is 9.55 Å². The Morgan fingerprint density at radius 1 is 0.714 bits per heavy atom. The number of ether oxygens (including phenoxy) is 4. The van der Waals surface area contributed by atoms with Gasteiger partial charge in [-0.25, -0.2) is 4.98 Å². The summed E-state index contributed by atoms with van der Waals surface area (Å²) in [6, 6.07) is 41.3. The number of fused-ring (bicyclic) bond motifs is 1. The number of para-hydroxylation sites is 1. The molecule has 2 aromatic heterocycles. The highest BCUT2D eigenvalue weighted by Crippen LogP contribution is 2.43. The van der Waals surface area contributed by atoms with E-state index in [0.29, 0.717) is 16.8 Å². The highest BCUT2D eigenvalue weighted by molar-refractivity contribution is 5.81. The summed E-state index contributed by atoms with van der Waals surface area (Å²) in [5, 5.41) is 37.1. The molecule has 7 rings (SSSR count). The number of aliphatic hydroxyl groups is 3. The molecule has 3 heterocycles. The maximum absolute atomic E-state index is 12.4. The quantitative estimate of drug-likeness (QED) is 0.135. The first-order chi connectivity index (χ1) is 23.9. The van der Waals surface area contributed by atoms with Crippen LogP contribution in [-0.4, -0.2) is 48.8 Å². The molecule has 0 aliphatic carbocycles. The highest BCUT2D eigenvalue weighted by Gasteiger charge is 2.63. The van der Waals surface area contributed by atoms with E-state index < -0.39 is 24.0 Å². The summed E-state index contributed by atoms with van der Waals surface area (Å²) in [6.07, 6.45) is 1.34. The monoisotopic (exact) mass is 656 g/mol. The van der Waals surface area contributed by atoms with Crippen LogP contribution >= 0.6 is 0 Å². The van der Waals surface area contributed by atoms with Gasteiger partial charge in [0, 0.05) is 35.1 Å². The van der Waals surface area contributed by atoms with Gasteiger partial charge in [-0.1, -0.05) is 109 Å². The van der Waals surface area contributed by atoms with Gasteiger partial charge in [0.1, 0.15) is 11.4 Å². The molecule has 49 heavy (non-hydrogen) atoms. The fourth-order valence-corrected chi connectivity index (χ4v) is 5.80.